The van der Waals surface area contributed by atoms with Gasteiger partial charge in [-0.3, -0.25) is 4.79 Å². The van der Waals surface area contributed by atoms with Crippen LogP contribution in [-0.4, -0.2) is 41.6 Å². The number of alkyl halides is 3. The highest BCUT2D eigenvalue weighted by Gasteiger charge is 2.36. The molecule has 198 valence electrons. The molecule has 1 saturated heterocycles. The standard InChI is InChI=1S/C29H32F3NO4/c30-29(31,32)25-11-7-20(8-12-25)4-3-15-37-26-13-9-21(10-14-26)16-24(28(35)36)17-27(34)33-18-22-5-1-2-6-23(22)19-33/h7-14,16,22-23H,1-6,15,17-19H2,(H,35,36)/b24-16+/t22-,23+. The van der Waals surface area contributed by atoms with Crippen molar-refractivity contribution in [1.82, 2.24) is 4.90 Å². The molecule has 4 rings (SSSR count). The zero-order valence-electron chi connectivity index (χ0n) is 20.7. The molecule has 2 aromatic carbocycles. The molecule has 0 spiro atoms. The first-order chi connectivity index (χ1) is 17.7. The number of carboxylic acids is 1. The van der Waals surface area contributed by atoms with Gasteiger partial charge in [0.2, 0.25) is 5.91 Å². The predicted octanol–water partition coefficient (Wildman–Crippen LogP) is 6.22. The molecule has 5 nitrogen and oxygen atoms in total. The first-order valence-electron chi connectivity index (χ1n) is 12.8. The molecule has 1 aliphatic carbocycles. The Hall–Kier alpha value is -3.29. The van der Waals surface area contributed by atoms with Crippen LogP contribution < -0.4 is 4.74 Å². The van der Waals surface area contributed by atoms with Crippen molar-refractivity contribution in [3.8, 4) is 5.75 Å². The van der Waals surface area contributed by atoms with E-state index < -0.39 is 17.7 Å². The van der Waals surface area contributed by atoms with Gasteiger partial charge in [0, 0.05) is 18.7 Å². The van der Waals surface area contributed by atoms with Crippen LogP contribution in [0.4, 0.5) is 13.2 Å². The number of aliphatic carboxylic acids is 1. The van der Waals surface area contributed by atoms with Crippen molar-refractivity contribution in [3.63, 3.8) is 0 Å². The summed E-state index contributed by atoms with van der Waals surface area (Å²) in [6.07, 6.45) is 3.01. The number of amides is 1. The molecule has 1 saturated carbocycles. The SMILES string of the molecule is O=C(O)/C(=C/c1ccc(OCCCc2ccc(C(F)(F)F)cc2)cc1)CC(=O)N1C[C@H]2CCCC[C@H]2C1. The Labute approximate surface area is 214 Å². The van der Waals surface area contributed by atoms with Gasteiger partial charge in [-0.05, 0) is 79.0 Å². The molecule has 1 aliphatic heterocycles. The quantitative estimate of drug-likeness (QED) is 0.318. The number of benzene rings is 2. The number of hydrogen-bond acceptors (Lipinski definition) is 3. The molecule has 8 heteroatoms. The number of aryl methyl sites for hydroxylation is 1. The van der Waals surface area contributed by atoms with Gasteiger partial charge in [0.05, 0.1) is 18.6 Å². The van der Waals surface area contributed by atoms with Gasteiger partial charge in [0.15, 0.2) is 0 Å². The van der Waals surface area contributed by atoms with Crippen molar-refractivity contribution in [1.29, 1.82) is 0 Å². The molecule has 1 heterocycles. The van der Waals surface area contributed by atoms with Crippen LogP contribution in [0.3, 0.4) is 0 Å². The van der Waals surface area contributed by atoms with Crippen LogP contribution in [0.25, 0.3) is 6.08 Å². The van der Waals surface area contributed by atoms with Crippen LogP contribution >= 0.6 is 0 Å². The summed E-state index contributed by atoms with van der Waals surface area (Å²) in [5, 5.41) is 9.66. The average molecular weight is 516 g/mol. The molecule has 2 aliphatic rings. The summed E-state index contributed by atoms with van der Waals surface area (Å²) in [6.45, 7) is 1.87. The van der Waals surface area contributed by atoms with Gasteiger partial charge in [0.25, 0.3) is 0 Å². The fraction of sp³-hybridized carbons (Fsp3) is 0.448. The molecule has 0 radical (unpaired) electrons. The van der Waals surface area contributed by atoms with E-state index in [0.717, 1.165) is 43.6 Å². The van der Waals surface area contributed by atoms with E-state index in [1.807, 2.05) is 4.90 Å². The smallest absolute Gasteiger partial charge is 0.416 e. The fourth-order valence-electron chi connectivity index (χ4n) is 5.26. The minimum absolute atomic E-state index is 0.0603. The second-order valence-corrected chi connectivity index (χ2v) is 9.97. The molecule has 0 aromatic heterocycles. The highest BCUT2D eigenvalue weighted by molar-refractivity contribution is 5.98. The largest absolute Gasteiger partial charge is 0.494 e. The minimum Gasteiger partial charge on any atom is -0.494 e. The molecule has 1 N–H and O–H groups in total. The number of rotatable bonds is 9. The van der Waals surface area contributed by atoms with Gasteiger partial charge in [-0.25, -0.2) is 4.79 Å². The van der Waals surface area contributed by atoms with Crippen molar-refractivity contribution in [2.45, 2.75) is 51.1 Å². The lowest BCUT2D eigenvalue weighted by molar-refractivity contribution is -0.137. The van der Waals surface area contributed by atoms with Gasteiger partial charge < -0.3 is 14.7 Å². The van der Waals surface area contributed by atoms with Crippen LogP contribution in [0.15, 0.2) is 54.1 Å². The highest BCUT2D eigenvalue weighted by Crippen LogP contribution is 2.36. The molecule has 0 bridgehead atoms. The summed E-state index contributed by atoms with van der Waals surface area (Å²) in [5.41, 5.74) is 0.869. The van der Waals surface area contributed by atoms with Crippen molar-refractivity contribution in [2.24, 2.45) is 11.8 Å². The van der Waals surface area contributed by atoms with Gasteiger partial charge in [-0.1, -0.05) is 37.1 Å². The maximum atomic E-state index is 12.8. The average Bonchev–Trinajstić information content (AvgIpc) is 3.31. The molecule has 1 amide bonds. The van der Waals surface area contributed by atoms with E-state index in [1.54, 1.807) is 24.3 Å². The highest BCUT2D eigenvalue weighted by atomic mass is 19.4. The summed E-state index contributed by atoms with van der Waals surface area (Å²) in [7, 11) is 0. The number of ether oxygens (including phenoxy) is 1. The van der Waals surface area contributed by atoms with Gasteiger partial charge in [-0.2, -0.15) is 13.2 Å². The molecule has 0 unspecified atom stereocenters. The second-order valence-electron chi connectivity index (χ2n) is 9.97. The summed E-state index contributed by atoms with van der Waals surface area (Å²) < 4.78 is 43.7. The van der Waals surface area contributed by atoms with E-state index in [2.05, 4.69) is 0 Å². The van der Waals surface area contributed by atoms with Crippen molar-refractivity contribution in [3.05, 3.63) is 70.8 Å². The molecular formula is C29H32F3NO4. The second kappa shape index (κ2) is 11.8. The normalized spacial score (nSPS) is 20.0. The predicted molar refractivity (Wildman–Crippen MR) is 134 cm³/mol. The maximum Gasteiger partial charge on any atom is 0.416 e. The number of halogens is 3. The third-order valence-electron chi connectivity index (χ3n) is 7.33. The maximum absolute atomic E-state index is 12.8. The van der Waals surface area contributed by atoms with Gasteiger partial charge in [-0.15, -0.1) is 0 Å². The van der Waals surface area contributed by atoms with E-state index in [9.17, 15) is 27.9 Å². The van der Waals surface area contributed by atoms with E-state index in [4.69, 9.17) is 4.74 Å². The molecule has 2 fully saturated rings. The van der Waals surface area contributed by atoms with Crippen molar-refractivity contribution < 1.29 is 32.6 Å². The Morgan fingerprint density at radius 3 is 2.16 bits per heavy atom. The van der Waals surface area contributed by atoms with Gasteiger partial charge in [0.1, 0.15) is 5.75 Å². The lowest BCUT2D eigenvalue weighted by Crippen LogP contribution is -2.29. The third-order valence-corrected chi connectivity index (χ3v) is 7.33. The summed E-state index contributed by atoms with van der Waals surface area (Å²) in [5.74, 6) is 0.483. The lowest BCUT2D eigenvalue weighted by Gasteiger charge is -2.22. The van der Waals surface area contributed by atoms with Crippen LogP contribution in [0.1, 0.15) is 55.2 Å². The number of fused-ring (bicyclic) bond motifs is 1. The molecular weight excluding hydrogens is 483 g/mol. The number of carbonyl (C=O) groups is 2. The van der Waals surface area contributed by atoms with Crippen LogP contribution in [-0.2, 0) is 22.2 Å². The van der Waals surface area contributed by atoms with Crippen LogP contribution in [0.5, 0.6) is 5.75 Å². The number of carboxylic acid groups (broad SMARTS) is 1. The molecule has 2 atom stereocenters. The van der Waals surface area contributed by atoms with Crippen LogP contribution in [0, 0.1) is 11.8 Å². The Bertz CT molecular complexity index is 1100. The van der Waals surface area contributed by atoms with E-state index >= 15 is 0 Å². The topological polar surface area (TPSA) is 66.8 Å². The lowest BCUT2D eigenvalue weighted by atomic mass is 9.82. The Balaban J connectivity index is 1.26. The Morgan fingerprint density at radius 2 is 1.59 bits per heavy atom. The summed E-state index contributed by atoms with van der Waals surface area (Å²) >= 11 is 0. The summed E-state index contributed by atoms with van der Waals surface area (Å²) in [6, 6.07) is 12.1. The summed E-state index contributed by atoms with van der Waals surface area (Å²) in [4.78, 5) is 26.5. The number of hydrogen-bond donors (Lipinski definition) is 1. The van der Waals surface area contributed by atoms with E-state index in [1.165, 1.54) is 31.1 Å². The first-order valence-corrected chi connectivity index (χ1v) is 12.8. The number of carbonyl (C=O) groups excluding carboxylic acids is 1. The zero-order chi connectivity index (χ0) is 26.4. The third kappa shape index (κ3) is 7.37. The van der Waals surface area contributed by atoms with E-state index in [0.29, 0.717) is 42.6 Å². The Kier molecular flexibility index (Phi) is 8.56. The zero-order valence-corrected chi connectivity index (χ0v) is 20.7. The Morgan fingerprint density at radius 1 is 0.973 bits per heavy atom. The van der Waals surface area contributed by atoms with Crippen molar-refractivity contribution in [2.75, 3.05) is 19.7 Å². The fourth-order valence-corrected chi connectivity index (χ4v) is 5.26. The molecule has 2 aromatic rings. The number of likely N-dealkylation sites (tertiary alicyclic amines) is 1. The van der Waals surface area contributed by atoms with Crippen molar-refractivity contribution >= 4 is 18.0 Å². The number of nitrogens with zero attached hydrogens (tertiary/aromatic N) is 1. The van der Waals surface area contributed by atoms with E-state index in [-0.39, 0.29) is 17.9 Å². The first kappa shape index (κ1) is 26.8. The van der Waals surface area contributed by atoms with Crippen LogP contribution in [0.2, 0.25) is 0 Å². The minimum atomic E-state index is -4.34. The molecule has 37 heavy (non-hydrogen) atoms. The van der Waals surface area contributed by atoms with Gasteiger partial charge >= 0.3 is 12.1 Å². The monoisotopic (exact) mass is 515 g/mol.